The van der Waals surface area contributed by atoms with Crippen LogP contribution in [0.3, 0.4) is 0 Å². The Balaban J connectivity index is 1.56. The van der Waals surface area contributed by atoms with Crippen LogP contribution < -0.4 is 10.2 Å². The highest BCUT2D eigenvalue weighted by molar-refractivity contribution is 7.09. The number of anilines is 1. The van der Waals surface area contributed by atoms with Gasteiger partial charge in [-0.05, 0) is 25.0 Å². The topological polar surface area (TPSA) is 56.7 Å². The maximum atomic E-state index is 13.8. The quantitative estimate of drug-likeness (QED) is 0.607. The molecule has 2 aromatic rings. The Morgan fingerprint density at radius 2 is 2.00 bits per heavy atom. The molecule has 2 heterocycles. The second-order valence-electron chi connectivity index (χ2n) is 6.40. The van der Waals surface area contributed by atoms with Crippen molar-refractivity contribution in [1.82, 2.24) is 19.6 Å². The van der Waals surface area contributed by atoms with Gasteiger partial charge in [-0.2, -0.15) is 4.37 Å². The number of halogens is 1. The molecule has 0 spiro atoms. The van der Waals surface area contributed by atoms with Gasteiger partial charge < -0.3 is 15.1 Å². The van der Waals surface area contributed by atoms with Gasteiger partial charge in [0.2, 0.25) is 5.13 Å². The third-order valence-corrected chi connectivity index (χ3v) is 5.37. The molecule has 27 heavy (non-hydrogen) atoms. The van der Waals surface area contributed by atoms with Crippen LogP contribution in [0.4, 0.5) is 9.52 Å². The van der Waals surface area contributed by atoms with Crippen LogP contribution in [-0.4, -0.2) is 59.5 Å². The molecule has 1 N–H and O–H groups in total. The highest BCUT2D eigenvalue weighted by Gasteiger charge is 2.22. The van der Waals surface area contributed by atoms with Crippen molar-refractivity contribution in [1.29, 1.82) is 0 Å². The number of aryl methyl sites for hydroxylation is 1. The van der Waals surface area contributed by atoms with E-state index in [4.69, 9.17) is 4.99 Å². The van der Waals surface area contributed by atoms with Crippen molar-refractivity contribution in [2.45, 2.75) is 26.7 Å². The van der Waals surface area contributed by atoms with Gasteiger partial charge in [0.1, 0.15) is 11.6 Å². The minimum Gasteiger partial charge on any atom is -0.357 e. The molecule has 0 unspecified atom stereocenters. The van der Waals surface area contributed by atoms with E-state index >= 15 is 0 Å². The summed E-state index contributed by atoms with van der Waals surface area (Å²) in [6, 6.07) is 6.90. The van der Waals surface area contributed by atoms with Gasteiger partial charge in [-0.25, -0.2) is 9.37 Å². The molecule has 1 saturated heterocycles. The number of benzene rings is 1. The van der Waals surface area contributed by atoms with Crippen molar-refractivity contribution >= 4 is 22.6 Å². The number of aromatic nitrogens is 2. The zero-order valence-electron chi connectivity index (χ0n) is 16.0. The van der Waals surface area contributed by atoms with Crippen LogP contribution >= 0.6 is 11.5 Å². The van der Waals surface area contributed by atoms with E-state index in [1.165, 1.54) is 17.6 Å². The summed E-state index contributed by atoms with van der Waals surface area (Å²) >= 11 is 1.48. The van der Waals surface area contributed by atoms with Gasteiger partial charge in [0.25, 0.3) is 0 Å². The summed E-state index contributed by atoms with van der Waals surface area (Å²) in [6.45, 7) is 9.08. The molecule has 8 heteroatoms. The van der Waals surface area contributed by atoms with Crippen LogP contribution in [0.15, 0.2) is 29.3 Å². The summed E-state index contributed by atoms with van der Waals surface area (Å²) in [7, 11) is 0. The maximum Gasteiger partial charge on any atom is 0.205 e. The first kappa shape index (κ1) is 19.5. The Bertz CT molecular complexity index is 754. The number of hydrogen-bond donors (Lipinski definition) is 1. The molecule has 1 aliphatic rings. The van der Waals surface area contributed by atoms with Gasteiger partial charge in [-0.3, -0.25) is 4.99 Å². The normalized spacial score (nSPS) is 15.3. The second kappa shape index (κ2) is 9.64. The third-order valence-electron chi connectivity index (χ3n) is 4.56. The molecule has 0 atom stereocenters. The van der Waals surface area contributed by atoms with Gasteiger partial charge in [0, 0.05) is 57.2 Å². The number of guanidine groups is 1. The molecule has 1 fully saturated rings. The number of hydrogen-bond acceptors (Lipinski definition) is 5. The average Bonchev–Trinajstić information content (AvgIpc) is 3.18. The number of aliphatic imine (C=N–C) groups is 1. The molecule has 0 saturated carbocycles. The molecule has 3 rings (SSSR count). The second-order valence-corrected chi connectivity index (χ2v) is 7.13. The van der Waals surface area contributed by atoms with Crippen LogP contribution in [0.1, 0.15) is 25.2 Å². The Hall–Kier alpha value is -2.22. The van der Waals surface area contributed by atoms with Crippen molar-refractivity contribution in [3.05, 3.63) is 41.5 Å². The van der Waals surface area contributed by atoms with E-state index in [-0.39, 0.29) is 5.82 Å². The van der Waals surface area contributed by atoms with Crippen molar-refractivity contribution in [2.24, 2.45) is 4.99 Å². The van der Waals surface area contributed by atoms with E-state index in [9.17, 15) is 4.39 Å². The number of rotatable bonds is 6. The molecule has 0 amide bonds. The molecule has 0 bridgehead atoms. The maximum absolute atomic E-state index is 13.8. The molecule has 1 aliphatic heterocycles. The van der Waals surface area contributed by atoms with Crippen LogP contribution in [0.5, 0.6) is 0 Å². The SMILES string of the molecule is CCNC(=NCCc1ccccc1F)N1CCN(c2nc(CC)ns2)CC1. The fourth-order valence-corrected chi connectivity index (χ4v) is 3.84. The molecule has 0 radical (unpaired) electrons. The van der Waals surface area contributed by atoms with Gasteiger partial charge in [-0.15, -0.1) is 0 Å². The Morgan fingerprint density at radius 1 is 1.22 bits per heavy atom. The summed E-state index contributed by atoms with van der Waals surface area (Å²) < 4.78 is 18.1. The van der Waals surface area contributed by atoms with Crippen molar-refractivity contribution < 1.29 is 4.39 Å². The Morgan fingerprint density at radius 3 is 2.67 bits per heavy atom. The third kappa shape index (κ3) is 5.15. The average molecular weight is 391 g/mol. The summed E-state index contributed by atoms with van der Waals surface area (Å²) in [4.78, 5) is 13.8. The van der Waals surface area contributed by atoms with E-state index in [2.05, 4.69) is 38.3 Å². The lowest BCUT2D eigenvalue weighted by Gasteiger charge is -2.36. The summed E-state index contributed by atoms with van der Waals surface area (Å²) in [6.07, 6.45) is 1.47. The Labute approximate surface area is 164 Å². The highest BCUT2D eigenvalue weighted by atomic mass is 32.1. The van der Waals surface area contributed by atoms with E-state index in [1.54, 1.807) is 6.07 Å². The first-order valence-electron chi connectivity index (χ1n) is 9.55. The fraction of sp³-hybridized carbons (Fsp3) is 0.526. The minimum absolute atomic E-state index is 0.158. The first-order valence-corrected chi connectivity index (χ1v) is 10.3. The van der Waals surface area contributed by atoms with Gasteiger partial charge >= 0.3 is 0 Å². The molecular weight excluding hydrogens is 363 g/mol. The van der Waals surface area contributed by atoms with E-state index in [0.717, 1.165) is 56.1 Å². The predicted octanol–water partition coefficient (Wildman–Crippen LogP) is 2.57. The zero-order valence-corrected chi connectivity index (χ0v) is 16.8. The fourth-order valence-electron chi connectivity index (χ4n) is 3.04. The van der Waals surface area contributed by atoms with Crippen molar-refractivity contribution in [3.8, 4) is 0 Å². The lowest BCUT2D eigenvalue weighted by molar-refractivity contribution is 0.372. The predicted molar refractivity (Wildman–Crippen MR) is 109 cm³/mol. The van der Waals surface area contributed by atoms with E-state index in [0.29, 0.717) is 18.5 Å². The van der Waals surface area contributed by atoms with Gasteiger partial charge in [-0.1, -0.05) is 25.1 Å². The van der Waals surface area contributed by atoms with Gasteiger partial charge in [0.05, 0.1) is 0 Å². The lowest BCUT2D eigenvalue weighted by atomic mass is 10.1. The van der Waals surface area contributed by atoms with Crippen molar-refractivity contribution in [2.75, 3.05) is 44.2 Å². The van der Waals surface area contributed by atoms with Crippen LogP contribution in [0.25, 0.3) is 0 Å². The summed E-state index contributed by atoms with van der Waals surface area (Å²) in [5, 5.41) is 4.37. The monoisotopic (exact) mass is 390 g/mol. The number of nitrogens with zero attached hydrogens (tertiary/aromatic N) is 5. The van der Waals surface area contributed by atoms with Crippen LogP contribution in [0.2, 0.25) is 0 Å². The van der Waals surface area contributed by atoms with Crippen molar-refractivity contribution in [3.63, 3.8) is 0 Å². The van der Waals surface area contributed by atoms with Crippen LogP contribution in [0, 0.1) is 5.82 Å². The standard InChI is InChI=1S/C19H27FN6S/c1-3-17-23-19(27-24-17)26-13-11-25(12-14-26)18(21-4-2)22-10-9-15-7-5-6-8-16(15)20/h5-8H,3-4,9-14H2,1-2H3,(H,21,22). The smallest absolute Gasteiger partial charge is 0.205 e. The molecular formula is C19H27FN6S. The lowest BCUT2D eigenvalue weighted by Crippen LogP contribution is -2.52. The molecule has 1 aromatic heterocycles. The van der Waals surface area contributed by atoms with E-state index < -0.39 is 0 Å². The molecule has 146 valence electrons. The summed E-state index contributed by atoms with van der Waals surface area (Å²) in [5.41, 5.74) is 0.713. The van der Waals surface area contributed by atoms with Crippen LogP contribution in [-0.2, 0) is 12.8 Å². The zero-order chi connectivity index (χ0) is 19.1. The molecule has 0 aliphatic carbocycles. The van der Waals surface area contributed by atoms with Gasteiger partial charge in [0.15, 0.2) is 5.96 Å². The molecule has 1 aromatic carbocycles. The largest absolute Gasteiger partial charge is 0.357 e. The van der Waals surface area contributed by atoms with E-state index in [1.807, 2.05) is 12.1 Å². The number of piperazine rings is 1. The minimum atomic E-state index is -0.158. The first-order chi connectivity index (χ1) is 13.2. The highest BCUT2D eigenvalue weighted by Crippen LogP contribution is 2.19. The molecule has 6 nitrogen and oxygen atoms in total. The Kier molecular flexibility index (Phi) is 6.98. The number of nitrogens with one attached hydrogen (secondary N) is 1. The summed E-state index contributed by atoms with van der Waals surface area (Å²) in [5.74, 6) is 1.66.